The molecule has 0 aliphatic carbocycles. The van der Waals surface area contributed by atoms with Crippen LogP contribution in [-0.4, -0.2) is 98.9 Å². The maximum Gasteiger partial charge on any atom is 0.485 e. The highest BCUT2D eigenvalue weighted by Gasteiger charge is 2.36. The van der Waals surface area contributed by atoms with Crippen molar-refractivity contribution < 1.29 is 40.2 Å². The van der Waals surface area contributed by atoms with E-state index in [1.165, 1.54) is 12.2 Å². The zero-order valence-electron chi connectivity index (χ0n) is 15.8. The maximum atomic E-state index is 11.4. The van der Waals surface area contributed by atoms with Crippen LogP contribution in [0, 0.1) is 0 Å². The average Bonchev–Trinajstić information content (AvgIpc) is 2.54. The largest absolute Gasteiger partial charge is 0.741 e. The Morgan fingerprint density at radius 2 is 1.26 bits per heavy atom. The van der Waals surface area contributed by atoms with Gasteiger partial charge in [-0.15, -0.1) is 0 Å². The molecule has 0 radical (unpaired) electrons. The predicted molar refractivity (Wildman–Crippen MR) is 93.3 cm³/mol. The van der Waals surface area contributed by atoms with Crippen LogP contribution >= 0.6 is 0 Å². The fourth-order valence-corrected chi connectivity index (χ4v) is 1.49. The molecule has 0 bridgehead atoms. The number of quaternary nitrogens is 1. The summed E-state index contributed by atoms with van der Waals surface area (Å²) >= 11 is 0. The Kier molecular flexibility index (Phi) is 11.2. The van der Waals surface area contributed by atoms with E-state index in [2.05, 4.69) is 27.3 Å². The standard InChI is InChI=1S/C14H26N3O2.CHF3O3S/c1-7-13(18)15(3)9-11-17(5,6)12-10-16(4)14(19)8-2;2-1(3,4)8(5,6)7/h7-8H,1-2,9-12H2,3-6H3;(H,5,6,7)/q+1;/p-1. The van der Waals surface area contributed by atoms with Gasteiger partial charge in [0.1, 0.15) is 0 Å². The highest BCUT2D eigenvalue weighted by atomic mass is 32.2. The number of hydrogen-bond donors (Lipinski definition) is 0. The molecule has 0 aromatic rings. The minimum atomic E-state index is -6.09. The molecule has 0 aromatic heterocycles. The molecule has 27 heavy (non-hydrogen) atoms. The van der Waals surface area contributed by atoms with Gasteiger partial charge in [-0.2, -0.15) is 13.2 Å². The number of likely N-dealkylation sites (N-methyl/N-ethyl adjacent to an activating group) is 3. The molecule has 0 heterocycles. The minimum absolute atomic E-state index is 0.0704. The number of rotatable bonds is 8. The van der Waals surface area contributed by atoms with E-state index in [0.29, 0.717) is 13.1 Å². The first kappa shape index (κ1) is 27.3. The highest BCUT2D eigenvalue weighted by Crippen LogP contribution is 2.20. The first-order chi connectivity index (χ1) is 12.0. The lowest BCUT2D eigenvalue weighted by Crippen LogP contribution is -2.49. The van der Waals surface area contributed by atoms with Crippen LogP contribution < -0.4 is 0 Å². The van der Waals surface area contributed by atoms with Crippen LogP contribution in [-0.2, 0) is 19.7 Å². The normalized spacial score (nSPS) is 11.7. The molecular formula is C15H26F3N3O5S. The van der Waals surface area contributed by atoms with Crippen molar-refractivity contribution in [3.05, 3.63) is 25.3 Å². The van der Waals surface area contributed by atoms with E-state index >= 15 is 0 Å². The summed E-state index contributed by atoms with van der Waals surface area (Å²) < 4.78 is 59.6. The molecule has 0 aliphatic rings. The van der Waals surface area contributed by atoms with Gasteiger partial charge in [0.15, 0.2) is 10.1 Å². The van der Waals surface area contributed by atoms with E-state index < -0.39 is 15.6 Å². The molecule has 0 aromatic carbocycles. The Morgan fingerprint density at radius 3 is 1.44 bits per heavy atom. The summed E-state index contributed by atoms with van der Waals surface area (Å²) in [6, 6.07) is 0. The van der Waals surface area contributed by atoms with E-state index in [-0.39, 0.29) is 11.8 Å². The molecule has 0 saturated carbocycles. The Morgan fingerprint density at radius 1 is 1.00 bits per heavy atom. The van der Waals surface area contributed by atoms with Crippen molar-refractivity contribution in [1.82, 2.24) is 9.80 Å². The lowest BCUT2D eigenvalue weighted by atomic mass is 10.3. The van der Waals surface area contributed by atoms with Crippen molar-refractivity contribution in [1.29, 1.82) is 0 Å². The van der Waals surface area contributed by atoms with Gasteiger partial charge >= 0.3 is 5.51 Å². The fraction of sp³-hybridized carbons (Fsp3) is 0.600. The summed E-state index contributed by atoms with van der Waals surface area (Å²) in [7, 11) is 1.60. The average molecular weight is 417 g/mol. The van der Waals surface area contributed by atoms with E-state index in [1.54, 1.807) is 23.9 Å². The number of halogens is 3. The topological polar surface area (TPSA) is 97.8 Å². The second kappa shape index (κ2) is 11.0. The molecule has 8 nitrogen and oxygen atoms in total. The van der Waals surface area contributed by atoms with Gasteiger partial charge in [-0.1, -0.05) is 13.2 Å². The lowest BCUT2D eigenvalue weighted by Gasteiger charge is -2.32. The van der Waals surface area contributed by atoms with Crippen molar-refractivity contribution in [3.63, 3.8) is 0 Å². The van der Waals surface area contributed by atoms with Gasteiger partial charge in [-0.25, -0.2) is 8.42 Å². The predicted octanol–water partition coefficient (Wildman–Crippen LogP) is 0.403. The van der Waals surface area contributed by atoms with Crippen molar-refractivity contribution >= 4 is 21.9 Å². The Balaban J connectivity index is 0. The Bertz CT molecular complexity index is 601. The molecule has 0 N–H and O–H groups in total. The van der Waals surface area contributed by atoms with Gasteiger partial charge in [-0.05, 0) is 12.2 Å². The number of alkyl halides is 3. The van der Waals surface area contributed by atoms with E-state index in [9.17, 15) is 22.8 Å². The molecule has 0 unspecified atom stereocenters. The number of hydrogen-bond acceptors (Lipinski definition) is 5. The molecule has 12 heteroatoms. The van der Waals surface area contributed by atoms with Crippen LogP contribution in [0.15, 0.2) is 25.3 Å². The molecule has 0 spiro atoms. The third-order valence-electron chi connectivity index (χ3n) is 3.47. The van der Waals surface area contributed by atoms with Gasteiger partial charge < -0.3 is 18.8 Å². The second-order valence-corrected chi connectivity index (χ2v) is 7.58. The lowest BCUT2D eigenvalue weighted by molar-refractivity contribution is -0.889. The SMILES string of the molecule is C=CC(=O)N(C)CC[N+](C)(C)CCN(C)C(=O)C=C.O=S(=O)([O-])C(F)(F)F. The highest BCUT2D eigenvalue weighted by molar-refractivity contribution is 7.86. The molecule has 0 aliphatic heterocycles. The molecule has 158 valence electrons. The van der Waals surface area contributed by atoms with Crippen LogP contribution in [0.3, 0.4) is 0 Å². The zero-order valence-corrected chi connectivity index (χ0v) is 16.6. The van der Waals surface area contributed by atoms with Gasteiger partial charge in [0, 0.05) is 14.1 Å². The van der Waals surface area contributed by atoms with Gasteiger partial charge in [0.25, 0.3) is 0 Å². The second-order valence-electron chi connectivity index (χ2n) is 6.21. The monoisotopic (exact) mass is 417 g/mol. The fourth-order valence-electron chi connectivity index (χ4n) is 1.49. The zero-order chi connectivity index (χ0) is 22.1. The van der Waals surface area contributed by atoms with E-state index in [1.807, 2.05) is 0 Å². The van der Waals surface area contributed by atoms with Crippen molar-refractivity contribution in [2.45, 2.75) is 5.51 Å². The summed E-state index contributed by atoms with van der Waals surface area (Å²) in [5.74, 6) is -0.141. The van der Waals surface area contributed by atoms with E-state index in [4.69, 9.17) is 13.0 Å². The first-order valence-corrected chi connectivity index (χ1v) is 8.98. The molecule has 0 rings (SSSR count). The number of amides is 2. The smallest absolute Gasteiger partial charge is 0.485 e. The summed E-state index contributed by atoms with van der Waals surface area (Å²) in [5, 5.41) is 0. The van der Waals surface area contributed by atoms with Crippen LogP contribution in [0.5, 0.6) is 0 Å². The van der Waals surface area contributed by atoms with Crippen LogP contribution in [0.25, 0.3) is 0 Å². The quantitative estimate of drug-likeness (QED) is 0.247. The number of carbonyl (C=O) groups excluding carboxylic acids is 2. The Hall–Kier alpha value is -1.92. The Labute approximate surface area is 157 Å². The van der Waals surface area contributed by atoms with Crippen molar-refractivity contribution in [3.8, 4) is 0 Å². The third kappa shape index (κ3) is 12.2. The van der Waals surface area contributed by atoms with Crippen LogP contribution in [0.2, 0.25) is 0 Å². The summed E-state index contributed by atoms with van der Waals surface area (Å²) in [6.45, 7) is 9.91. The third-order valence-corrected chi connectivity index (χ3v) is 4.03. The summed E-state index contributed by atoms with van der Waals surface area (Å²) in [5.41, 5.74) is -5.65. The van der Waals surface area contributed by atoms with Crippen molar-refractivity contribution in [2.75, 3.05) is 54.4 Å². The molecule has 0 saturated heterocycles. The van der Waals surface area contributed by atoms with Crippen molar-refractivity contribution in [2.24, 2.45) is 0 Å². The van der Waals surface area contributed by atoms with Crippen LogP contribution in [0.1, 0.15) is 0 Å². The first-order valence-electron chi connectivity index (χ1n) is 7.57. The number of nitrogens with zero attached hydrogens (tertiary/aromatic N) is 3. The maximum absolute atomic E-state index is 11.4. The van der Waals surface area contributed by atoms with Crippen LogP contribution in [0.4, 0.5) is 13.2 Å². The van der Waals surface area contributed by atoms with Gasteiger partial charge in [0.2, 0.25) is 11.8 Å². The van der Waals surface area contributed by atoms with Gasteiger partial charge in [-0.3, -0.25) is 9.59 Å². The molecular weight excluding hydrogens is 391 g/mol. The number of carbonyl (C=O) groups is 2. The molecule has 0 fully saturated rings. The van der Waals surface area contributed by atoms with Gasteiger partial charge in [0.05, 0.1) is 40.3 Å². The minimum Gasteiger partial charge on any atom is -0.741 e. The summed E-state index contributed by atoms with van der Waals surface area (Å²) in [4.78, 5) is 26.0. The molecule has 2 amide bonds. The molecule has 0 atom stereocenters. The van der Waals surface area contributed by atoms with E-state index in [0.717, 1.165) is 17.6 Å². The summed E-state index contributed by atoms with van der Waals surface area (Å²) in [6.07, 6.45) is 2.63.